The van der Waals surface area contributed by atoms with Crippen molar-refractivity contribution in [2.45, 2.75) is 13.0 Å². The van der Waals surface area contributed by atoms with Gasteiger partial charge in [-0.25, -0.2) is 0 Å². The van der Waals surface area contributed by atoms with Crippen LogP contribution >= 0.6 is 0 Å². The smallest absolute Gasteiger partial charge is 0.125 e. The fourth-order valence-electron chi connectivity index (χ4n) is 1.91. The van der Waals surface area contributed by atoms with Crippen LogP contribution in [-0.4, -0.2) is 27.7 Å². The van der Waals surface area contributed by atoms with Crippen LogP contribution in [0.15, 0.2) is 30.9 Å². The highest BCUT2D eigenvalue weighted by molar-refractivity contribution is 5.60. The van der Waals surface area contributed by atoms with Gasteiger partial charge in [-0.2, -0.15) is 0 Å². The Balaban J connectivity index is 3.23. The van der Waals surface area contributed by atoms with Gasteiger partial charge in [-0.15, -0.1) is 6.58 Å². The molecule has 0 aliphatic heterocycles. The normalized spacial score (nSPS) is 12.0. The lowest BCUT2D eigenvalue weighted by atomic mass is 10.0. The molecule has 17 heavy (non-hydrogen) atoms. The molecule has 1 rings (SSSR count). The van der Waals surface area contributed by atoms with Gasteiger partial charge in [0, 0.05) is 30.9 Å². The fraction of sp³-hybridized carbons (Fsp3) is 0.429. The highest BCUT2D eigenvalue weighted by atomic mass is 16.5. The maximum atomic E-state index is 5.44. The van der Waals surface area contributed by atoms with E-state index in [2.05, 4.69) is 36.8 Å². The van der Waals surface area contributed by atoms with Gasteiger partial charge in [0.05, 0.1) is 7.11 Å². The molecule has 0 spiro atoms. The van der Waals surface area contributed by atoms with Gasteiger partial charge in [0.25, 0.3) is 0 Å². The largest absolute Gasteiger partial charge is 0.496 e. The molecular formula is C14H22N2O. The average molecular weight is 234 g/mol. The van der Waals surface area contributed by atoms with Crippen LogP contribution in [0.2, 0.25) is 0 Å². The van der Waals surface area contributed by atoms with E-state index in [1.165, 1.54) is 11.3 Å². The molecule has 0 saturated heterocycles. The van der Waals surface area contributed by atoms with Crippen LogP contribution < -0.4 is 15.0 Å². The SMILES string of the molecule is C=CCN(C)c1cccc(OC)c1C(C)NC. The molecule has 1 aromatic rings. The summed E-state index contributed by atoms with van der Waals surface area (Å²) in [5.41, 5.74) is 2.35. The predicted octanol–water partition coefficient (Wildman–Crippen LogP) is 2.60. The Bertz CT molecular complexity index is 376. The van der Waals surface area contributed by atoms with Gasteiger partial charge in [-0.1, -0.05) is 12.1 Å². The highest BCUT2D eigenvalue weighted by Crippen LogP contribution is 2.33. The van der Waals surface area contributed by atoms with Gasteiger partial charge in [-0.3, -0.25) is 0 Å². The molecule has 0 aliphatic rings. The van der Waals surface area contributed by atoms with Gasteiger partial charge in [0.1, 0.15) is 5.75 Å². The van der Waals surface area contributed by atoms with E-state index in [1.807, 2.05) is 25.3 Å². The first-order chi connectivity index (χ1) is 8.15. The number of rotatable bonds is 6. The average Bonchev–Trinajstić information content (AvgIpc) is 2.37. The Morgan fingerprint density at radius 2 is 2.24 bits per heavy atom. The third-order valence-corrected chi connectivity index (χ3v) is 2.94. The molecule has 94 valence electrons. The van der Waals surface area contributed by atoms with Crippen LogP contribution in [0, 0.1) is 0 Å². The molecule has 0 radical (unpaired) electrons. The third-order valence-electron chi connectivity index (χ3n) is 2.94. The van der Waals surface area contributed by atoms with E-state index in [1.54, 1.807) is 7.11 Å². The Morgan fingerprint density at radius 3 is 2.76 bits per heavy atom. The second-order valence-electron chi connectivity index (χ2n) is 4.07. The summed E-state index contributed by atoms with van der Waals surface area (Å²) in [6.07, 6.45) is 1.90. The molecule has 3 nitrogen and oxygen atoms in total. The van der Waals surface area contributed by atoms with Gasteiger partial charge >= 0.3 is 0 Å². The zero-order valence-corrected chi connectivity index (χ0v) is 11.2. The number of benzene rings is 1. The summed E-state index contributed by atoms with van der Waals surface area (Å²) in [7, 11) is 5.72. The maximum Gasteiger partial charge on any atom is 0.125 e. The van der Waals surface area contributed by atoms with E-state index < -0.39 is 0 Å². The number of anilines is 1. The number of nitrogens with zero attached hydrogens (tertiary/aromatic N) is 1. The van der Waals surface area contributed by atoms with E-state index in [4.69, 9.17) is 4.74 Å². The summed E-state index contributed by atoms with van der Waals surface area (Å²) in [6, 6.07) is 6.36. The van der Waals surface area contributed by atoms with Crippen molar-refractivity contribution < 1.29 is 4.74 Å². The fourth-order valence-corrected chi connectivity index (χ4v) is 1.91. The van der Waals surface area contributed by atoms with E-state index in [9.17, 15) is 0 Å². The molecule has 0 aliphatic carbocycles. The van der Waals surface area contributed by atoms with Crippen molar-refractivity contribution in [3.63, 3.8) is 0 Å². The molecule has 1 atom stereocenters. The zero-order valence-electron chi connectivity index (χ0n) is 11.2. The number of ether oxygens (including phenoxy) is 1. The van der Waals surface area contributed by atoms with Crippen LogP contribution in [0.25, 0.3) is 0 Å². The van der Waals surface area contributed by atoms with Crippen LogP contribution in [0.3, 0.4) is 0 Å². The zero-order chi connectivity index (χ0) is 12.8. The highest BCUT2D eigenvalue weighted by Gasteiger charge is 2.16. The summed E-state index contributed by atoms with van der Waals surface area (Å²) >= 11 is 0. The van der Waals surface area contributed by atoms with Crippen molar-refractivity contribution in [2.75, 3.05) is 32.6 Å². The predicted molar refractivity (Wildman–Crippen MR) is 73.9 cm³/mol. The molecule has 1 unspecified atom stereocenters. The number of nitrogens with one attached hydrogen (secondary N) is 1. The molecule has 0 aromatic heterocycles. The van der Waals surface area contributed by atoms with Crippen molar-refractivity contribution in [3.05, 3.63) is 36.4 Å². The minimum absolute atomic E-state index is 0.244. The quantitative estimate of drug-likeness (QED) is 0.766. The number of hydrogen-bond donors (Lipinski definition) is 1. The molecule has 0 bridgehead atoms. The van der Waals surface area contributed by atoms with Crippen molar-refractivity contribution in [1.82, 2.24) is 5.32 Å². The van der Waals surface area contributed by atoms with Crippen molar-refractivity contribution in [1.29, 1.82) is 0 Å². The minimum Gasteiger partial charge on any atom is -0.496 e. The first-order valence-electron chi connectivity index (χ1n) is 5.81. The van der Waals surface area contributed by atoms with Crippen molar-refractivity contribution in [2.24, 2.45) is 0 Å². The summed E-state index contributed by atoms with van der Waals surface area (Å²) in [6.45, 7) is 6.72. The molecular weight excluding hydrogens is 212 g/mol. The first-order valence-corrected chi connectivity index (χ1v) is 5.81. The second kappa shape index (κ2) is 6.30. The molecule has 3 heteroatoms. The Hall–Kier alpha value is -1.48. The van der Waals surface area contributed by atoms with Crippen LogP contribution in [-0.2, 0) is 0 Å². The summed E-state index contributed by atoms with van der Waals surface area (Å²) in [4.78, 5) is 2.17. The third kappa shape index (κ3) is 3.01. The summed E-state index contributed by atoms with van der Waals surface area (Å²) in [5, 5.41) is 3.26. The van der Waals surface area contributed by atoms with E-state index >= 15 is 0 Å². The lowest BCUT2D eigenvalue weighted by molar-refractivity contribution is 0.404. The maximum absolute atomic E-state index is 5.44. The first kappa shape index (κ1) is 13.6. The van der Waals surface area contributed by atoms with E-state index in [0.717, 1.165) is 12.3 Å². The van der Waals surface area contributed by atoms with Crippen molar-refractivity contribution >= 4 is 5.69 Å². The Kier molecular flexibility index (Phi) is 5.04. The monoisotopic (exact) mass is 234 g/mol. The standard InChI is InChI=1S/C14H22N2O/c1-6-10-16(4)12-8-7-9-13(17-5)14(12)11(2)15-3/h6-9,11,15H,1,10H2,2-5H3. The molecule has 0 fully saturated rings. The lowest BCUT2D eigenvalue weighted by Gasteiger charge is -2.25. The van der Waals surface area contributed by atoms with Crippen LogP contribution in [0.5, 0.6) is 5.75 Å². The molecule has 0 amide bonds. The van der Waals surface area contributed by atoms with Gasteiger partial charge in [0.15, 0.2) is 0 Å². The molecule has 0 saturated carbocycles. The van der Waals surface area contributed by atoms with E-state index in [0.29, 0.717) is 0 Å². The van der Waals surface area contributed by atoms with Gasteiger partial charge < -0.3 is 15.0 Å². The second-order valence-corrected chi connectivity index (χ2v) is 4.07. The molecule has 0 heterocycles. The Labute approximate surface area is 104 Å². The summed E-state index contributed by atoms with van der Waals surface area (Å²) < 4.78 is 5.44. The molecule has 1 N–H and O–H groups in total. The van der Waals surface area contributed by atoms with Crippen LogP contribution in [0.4, 0.5) is 5.69 Å². The Morgan fingerprint density at radius 1 is 1.53 bits per heavy atom. The number of hydrogen-bond acceptors (Lipinski definition) is 3. The summed E-state index contributed by atoms with van der Waals surface area (Å²) in [5.74, 6) is 0.917. The molecule has 1 aromatic carbocycles. The van der Waals surface area contributed by atoms with Crippen LogP contribution in [0.1, 0.15) is 18.5 Å². The van der Waals surface area contributed by atoms with Gasteiger partial charge in [-0.05, 0) is 26.1 Å². The topological polar surface area (TPSA) is 24.5 Å². The van der Waals surface area contributed by atoms with Gasteiger partial charge in [0.2, 0.25) is 0 Å². The van der Waals surface area contributed by atoms with E-state index in [-0.39, 0.29) is 6.04 Å². The lowest BCUT2D eigenvalue weighted by Crippen LogP contribution is -2.22. The minimum atomic E-state index is 0.244. The number of methoxy groups -OCH3 is 1. The van der Waals surface area contributed by atoms with Crippen molar-refractivity contribution in [3.8, 4) is 5.75 Å². The number of likely N-dealkylation sites (N-methyl/N-ethyl adjacent to an activating group) is 1.